The molecular weight excluding hydrogens is 432 g/mol. The minimum atomic E-state index is -0.487. The smallest absolute Gasteiger partial charge is 0.251 e. The molecule has 0 saturated carbocycles. The molecule has 3 aliphatic rings. The summed E-state index contributed by atoms with van der Waals surface area (Å²) in [7, 11) is 0. The highest BCUT2D eigenvalue weighted by Crippen LogP contribution is 2.30. The second kappa shape index (κ2) is 8.77. The lowest BCUT2D eigenvalue weighted by Gasteiger charge is -2.38. The molecule has 0 spiro atoms. The highest BCUT2D eigenvalue weighted by atomic mass is 16.2. The summed E-state index contributed by atoms with van der Waals surface area (Å²) in [5.74, 6) is -0.752. The Morgan fingerprint density at radius 3 is 1.82 bits per heavy atom. The van der Waals surface area contributed by atoms with Gasteiger partial charge in [0.1, 0.15) is 0 Å². The fourth-order valence-electron chi connectivity index (χ4n) is 5.27. The summed E-state index contributed by atoms with van der Waals surface area (Å²) in [5.41, 5.74) is 3.13. The van der Waals surface area contributed by atoms with E-state index in [4.69, 9.17) is 0 Å². The van der Waals surface area contributed by atoms with Gasteiger partial charge in [0.2, 0.25) is 11.8 Å². The number of hydrogen-bond acceptors (Lipinski definition) is 6. The highest BCUT2D eigenvalue weighted by molar-refractivity contribution is 6.23. The topological polar surface area (TPSA) is 81.2 Å². The van der Waals surface area contributed by atoms with Crippen LogP contribution in [0.15, 0.2) is 48.5 Å². The van der Waals surface area contributed by atoms with Gasteiger partial charge in [0.25, 0.3) is 11.8 Å². The molecular formula is C26H28N4O4. The zero-order valence-electron chi connectivity index (χ0n) is 19.4. The third-order valence-corrected chi connectivity index (χ3v) is 7.09. The van der Waals surface area contributed by atoms with Gasteiger partial charge in [0.15, 0.2) is 0 Å². The van der Waals surface area contributed by atoms with E-state index in [0.717, 1.165) is 11.1 Å². The van der Waals surface area contributed by atoms with Gasteiger partial charge in [-0.05, 0) is 43.2 Å². The standard InChI is InChI=1S/C26H28N4O4/c1-17-6-5-8-19(14-17)29-23(31)15-21(25(29)33)27-10-12-28(13-11-27)22-16-24(32)30(26(22)34)20-9-4-3-7-18(20)2/h3-9,14,21-22H,10-13,15-16H2,1-2H3. The van der Waals surface area contributed by atoms with Gasteiger partial charge in [-0.2, -0.15) is 0 Å². The van der Waals surface area contributed by atoms with Gasteiger partial charge in [-0.25, -0.2) is 9.80 Å². The normalized spacial score (nSPS) is 24.5. The van der Waals surface area contributed by atoms with Crippen LogP contribution in [0.2, 0.25) is 0 Å². The predicted octanol–water partition coefficient (Wildman–Crippen LogP) is 1.89. The average molecular weight is 461 g/mol. The van der Waals surface area contributed by atoms with Crippen molar-refractivity contribution in [3.8, 4) is 0 Å². The first-order valence-corrected chi connectivity index (χ1v) is 11.7. The fraction of sp³-hybridized carbons (Fsp3) is 0.385. The lowest BCUT2D eigenvalue weighted by atomic mass is 10.1. The molecule has 0 aliphatic carbocycles. The molecule has 2 aromatic rings. The summed E-state index contributed by atoms with van der Waals surface area (Å²) in [6, 6.07) is 13.8. The van der Waals surface area contributed by atoms with E-state index in [1.165, 1.54) is 9.80 Å². The molecule has 34 heavy (non-hydrogen) atoms. The minimum absolute atomic E-state index is 0.161. The number of piperazine rings is 1. The molecule has 8 nitrogen and oxygen atoms in total. The summed E-state index contributed by atoms with van der Waals surface area (Å²) in [6.07, 6.45) is 0.323. The van der Waals surface area contributed by atoms with Crippen LogP contribution in [0.1, 0.15) is 24.0 Å². The first-order valence-electron chi connectivity index (χ1n) is 11.7. The quantitative estimate of drug-likeness (QED) is 0.649. The molecule has 0 bridgehead atoms. The Labute approximate surface area is 198 Å². The Bertz CT molecular complexity index is 1170. The van der Waals surface area contributed by atoms with E-state index < -0.39 is 12.1 Å². The molecule has 2 aromatic carbocycles. The maximum atomic E-state index is 13.2. The SMILES string of the molecule is Cc1cccc(N2C(=O)CC(N3CCN(C4CC(=O)N(c5ccccc5C)C4=O)CC3)C2=O)c1. The predicted molar refractivity (Wildman–Crippen MR) is 127 cm³/mol. The van der Waals surface area contributed by atoms with E-state index in [0.29, 0.717) is 37.6 Å². The number of aryl methyl sites for hydroxylation is 2. The van der Waals surface area contributed by atoms with E-state index in [-0.39, 0.29) is 36.5 Å². The molecule has 8 heteroatoms. The molecule has 3 fully saturated rings. The van der Waals surface area contributed by atoms with Gasteiger partial charge in [0.05, 0.1) is 36.3 Å². The molecule has 3 aliphatic heterocycles. The molecule has 0 N–H and O–H groups in total. The third kappa shape index (κ3) is 3.82. The van der Waals surface area contributed by atoms with Gasteiger partial charge in [0, 0.05) is 26.2 Å². The molecule has 5 rings (SSSR count). The summed E-state index contributed by atoms with van der Waals surface area (Å²) in [6.45, 7) is 6.07. The number of anilines is 2. The van der Waals surface area contributed by atoms with Crippen molar-refractivity contribution < 1.29 is 19.2 Å². The summed E-state index contributed by atoms with van der Waals surface area (Å²) < 4.78 is 0. The fourth-order valence-corrected chi connectivity index (χ4v) is 5.27. The van der Waals surface area contributed by atoms with Crippen molar-refractivity contribution in [1.82, 2.24) is 9.80 Å². The van der Waals surface area contributed by atoms with Crippen LogP contribution >= 0.6 is 0 Å². The first kappa shape index (κ1) is 22.4. The van der Waals surface area contributed by atoms with E-state index in [1.807, 2.05) is 60.0 Å². The number of para-hydroxylation sites is 1. The van der Waals surface area contributed by atoms with Crippen LogP contribution in [-0.2, 0) is 19.2 Å². The highest BCUT2D eigenvalue weighted by Gasteiger charge is 2.46. The van der Waals surface area contributed by atoms with E-state index in [1.54, 1.807) is 12.1 Å². The van der Waals surface area contributed by atoms with Gasteiger partial charge < -0.3 is 0 Å². The molecule has 2 unspecified atom stereocenters. The Morgan fingerprint density at radius 1 is 0.676 bits per heavy atom. The van der Waals surface area contributed by atoms with Crippen LogP contribution in [0.4, 0.5) is 11.4 Å². The van der Waals surface area contributed by atoms with Crippen molar-refractivity contribution in [3.63, 3.8) is 0 Å². The second-order valence-corrected chi connectivity index (χ2v) is 9.27. The van der Waals surface area contributed by atoms with Gasteiger partial charge in [-0.15, -0.1) is 0 Å². The maximum absolute atomic E-state index is 13.2. The Hall–Kier alpha value is -3.36. The van der Waals surface area contributed by atoms with Crippen molar-refractivity contribution in [2.75, 3.05) is 36.0 Å². The Kier molecular flexibility index (Phi) is 5.79. The summed E-state index contributed by atoms with van der Waals surface area (Å²) >= 11 is 0. The van der Waals surface area contributed by atoms with Gasteiger partial charge in [-0.1, -0.05) is 30.3 Å². The summed E-state index contributed by atoms with van der Waals surface area (Å²) in [5, 5.41) is 0. The number of carbonyl (C=O) groups excluding carboxylic acids is 4. The number of imide groups is 2. The van der Waals surface area contributed by atoms with Crippen molar-refractivity contribution in [1.29, 1.82) is 0 Å². The second-order valence-electron chi connectivity index (χ2n) is 9.27. The van der Waals surface area contributed by atoms with Crippen molar-refractivity contribution in [2.45, 2.75) is 38.8 Å². The minimum Gasteiger partial charge on any atom is -0.289 e. The summed E-state index contributed by atoms with van der Waals surface area (Å²) in [4.78, 5) is 58.4. The molecule has 3 heterocycles. The zero-order chi connectivity index (χ0) is 24.0. The molecule has 2 atom stereocenters. The zero-order valence-corrected chi connectivity index (χ0v) is 19.4. The molecule has 176 valence electrons. The lowest BCUT2D eigenvalue weighted by molar-refractivity contribution is -0.126. The largest absolute Gasteiger partial charge is 0.289 e. The van der Waals surface area contributed by atoms with Crippen molar-refractivity contribution in [2.24, 2.45) is 0 Å². The number of rotatable bonds is 4. The van der Waals surface area contributed by atoms with Gasteiger partial charge >= 0.3 is 0 Å². The number of nitrogens with zero attached hydrogens (tertiary/aromatic N) is 4. The monoisotopic (exact) mass is 460 g/mol. The van der Waals surface area contributed by atoms with Crippen LogP contribution in [0.3, 0.4) is 0 Å². The third-order valence-electron chi connectivity index (χ3n) is 7.09. The number of hydrogen-bond donors (Lipinski definition) is 0. The Balaban J connectivity index is 1.24. The Morgan fingerprint density at radius 2 is 1.24 bits per heavy atom. The van der Waals surface area contributed by atoms with Crippen LogP contribution in [0.25, 0.3) is 0 Å². The van der Waals surface area contributed by atoms with Crippen molar-refractivity contribution in [3.05, 3.63) is 59.7 Å². The van der Waals surface area contributed by atoms with Crippen LogP contribution in [0, 0.1) is 13.8 Å². The van der Waals surface area contributed by atoms with E-state index in [2.05, 4.69) is 0 Å². The van der Waals surface area contributed by atoms with Crippen molar-refractivity contribution >= 4 is 35.0 Å². The molecule has 4 amide bonds. The van der Waals surface area contributed by atoms with E-state index in [9.17, 15) is 19.2 Å². The first-order chi connectivity index (χ1) is 16.3. The number of benzene rings is 2. The lowest BCUT2D eigenvalue weighted by Crippen LogP contribution is -2.56. The number of amides is 4. The molecule has 0 aromatic heterocycles. The molecule has 0 radical (unpaired) electrons. The van der Waals surface area contributed by atoms with Crippen LogP contribution in [0.5, 0.6) is 0 Å². The van der Waals surface area contributed by atoms with Gasteiger partial charge in [-0.3, -0.25) is 29.0 Å². The van der Waals surface area contributed by atoms with Crippen LogP contribution < -0.4 is 9.80 Å². The van der Waals surface area contributed by atoms with Crippen LogP contribution in [-0.4, -0.2) is 71.7 Å². The number of carbonyl (C=O) groups is 4. The average Bonchev–Trinajstić information content (AvgIpc) is 3.28. The maximum Gasteiger partial charge on any atom is 0.251 e. The van der Waals surface area contributed by atoms with E-state index >= 15 is 0 Å². The molecule has 3 saturated heterocycles.